The van der Waals surface area contributed by atoms with E-state index in [1.807, 2.05) is 29.2 Å². The van der Waals surface area contributed by atoms with Crippen LogP contribution in [0, 0.1) is 11.7 Å². The van der Waals surface area contributed by atoms with Gasteiger partial charge in [-0.15, -0.1) is 0 Å². The number of halogens is 1. The predicted molar refractivity (Wildman–Crippen MR) is 112 cm³/mol. The molecule has 4 rings (SSSR count). The number of nitrogens with one attached hydrogen (secondary N) is 2. The van der Waals surface area contributed by atoms with Gasteiger partial charge in [0.1, 0.15) is 11.6 Å². The molecule has 2 aliphatic heterocycles. The molecule has 0 saturated carbocycles. The third-order valence-corrected chi connectivity index (χ3v) is 5.86. The molecule has 2 aromatic rings. The van der Waals surface area contributed by atoms with Crippen molar-refractivity contribution in [1.29, 1.82) is 0 Å². The Morgan fingerprint density at radius 3 is 2.61 bits per heavy atom. The molecule has 2 saturated heterocycles. The summed E-state index contributed by atoms with van der Waals surface area (Å²) in [5.74, 6) is -0.688. The number of carbonyl (C=O) groups is 2. The normalized spacial score (nSPS) is 23.5. The molecule has 7 nitrogen and oxygen atoms in total. The standard InChI is InChI=1S/C23H26FN3O4/c1-30-19-8-4-16(5-9-19)12-26-21(28)20-14-27(13-17-2-6-18(24)7-3-17)15-23(20)22(29)25-10-11-31-23/h2-9,20H,10-15H2,1H3,(H,25,29)(H,26,28)/t20-,23-/m1/s1. The lowest BCUT2D eigenvalue weighted by atomic mass is 9.87. The smallest absolute Gasteiger partial charge is 0.254 e. The van der Waals surface area contributed by atoms with Crippen molar-refractivity contribution in [2.75, 3.05) is 33.4 Å². The van der Waals surface area contributed by atoms with E-state index in [1.54, 1.807) is 19.2 Å². The van der Waals surface area contributed by atoms with Crippen LogP contribution in [0.5, 0.6) is 5.75 Å². The predicted octanol–water partition coefficient (Wildman–Crippen LogP) is 1.47. The number of rotatable bonds is 6. The average Bonchev–Trinajstić information content (AvgIpc) is 3.15. The Labute approximate surface area is 180 Å². The molecule has 0 radical (unpaired) electrons. The molecule has 0 aromatic heterocycles. The van der Waals surface area contributed by atoms with Crippen molar-refractivity contribution in [1.82, 2.24) is 15.5 Å². The number of methoxy groups -OCH3 is 1. The quantitative estimate of drug-likeness (QED) is 0.730. The van der Waals surface area contributed by atoms with Crippen molar-refractivity contribution in [2.24, 2.45) is 5.92 Å². The summed E-state index contributed by atoms with van der Waals surface area (Å²) in [7, 11) is 1.60. The van der Waals surface area contributed by atoms with Crippen LogP contribution >= 0.6 is 0 Å². The van der Waals surface area contributed by atoms with Crippen LogP contribution in [0.2, 0.25) is 0 Å². The topological polar surface area (TPSA) is 79.9 Å². The van der Waals surface area contributed by atoms with Gasteiger partial charge in [0.2, 0.25) is 5.91 Å². The van der Waals surface area contributed by atoms with Gasteiger partial charge in [-0.3, -0.25) is 14.5 Å². The van der Waals surface area contributed by atoms with Crippen LogP contribution in [0.4, 0.5) is 4.39 Å². The highest BCUT2D eigenvalue weighted by Gasteiger charge is 2.57. The second kappa shape index (κ2) is 9.03. The van der Waals surface area contributed by atoms with E-state index in [2.05, 4.69) is 10.6 Å². The Bertz CT molecular complexity index is 935. The van der Waals surface area contributed by atoms with Gasteiger partial charge in [0.05, 0.1) is 19.6 Å². The lowest BCUT2D eigenvalue weighted by Crippen LogP contribution is -2.61. The number of morpholine rings is 1. The summed E-state index contributed by atoms with van der Waals surface area (Å²) in [4.78, 5) is 28.0. The molecule has 0 aliphatic carbocycles. The lowest BCUT2D eigenvalue weighted by Gasteiger charge is -2.36. The largest absolute Gasteiger partial charge is 0.497 e. The number of carbonyl (C=O) groups excluding carboxylic acids is 2. The molecule has 2 aromatic carbocycles. The van der Waals surface area contributed by atoms with Crippen molar-refractivity contribution in [2.45, 2.75) is 18.7 Å². The number of hydrogen-bond donors (Lipinski definition) is 2. The Hall–Kier alpha value is -2.97. The first-order chi connectivity index (χ1) is 15.0. The molecule has 2 amide bonds. The molecule has 164 valence electrons. The van der Waals surface area contributed by atoms with Crippen LogP contribution in [0.15, 0.2) is 48.5 Å². The van der Waals surface area contributed by atoms with Crippen LogP contribution in [0.1, 0.15) is 11.1 Å². The van der Waals surface area contributed by atoms with Crippen LogP contribution in [0.25, 0.3) is 0 Å². The molecule has 0 unspecified atom stereocenters. The summed E-state index contributed by atoms with van der Waals surface area (Å²) < 4.78 is 24.3. The van der Waals surface area contributed by atoms with Gasteiger partial charge in [-0.2, -0.15) is 0 Å². The van der Waals surface area contributed by atoms with Gasteiger partial charge in [0.15, 0.2) is 5.60 Å². The Kier molecular flexibility index (Phi) is 6.20. The summed E-state index contributed by atoms with van der Waals surface area (Å²) in [5, 5.41) is 5.79. The maximum atomic E-state index is 13.2. The first kappa shape index (κ1) is 21.3. The highest BCUT2D eigenvalue weighted by Crippen LogP contribution is 2.34. The van der Waals surface area contributed by atoms with Gasteiger partial charge in [-0.1, -0.05) is 24.3 Å². The van der Waals surface area contributed by atoms with Gasteiger partial charge < -0.3 is 20.1 Å². The van der Waals surface area contributed by atoms with E-state index in [1.165, 1.54) is 12.1 Å². The first-order valence-corrected chi connectivity index (χ1v) is 10.3. The lowest BCUT2D eigenvalue weighted by molar-refractivity contribution is -0.163. The van der Waals surface area contributed by atoms with Gasteiger partial charge in [0.25, 0.3) is 5.91 Å². The van der Waals surface area contributed by atoms with Gasteiger partial charge >= 0.3 is 0 Å². The van der Waals surface area contributed by atoms with E-state index in [4.69, 9.17) is 9.47 Å². The zero-order valence-corrected chi connectivity index (χ0v) is 17.4. The van der Waals surface area contributed by atoms with E-state index in [0.717, 1.165) is 16.9 Å². The summed E-state index contributed by atoms with van der Waals surface area (Å²) >= 11 is 0. The first-order valence-electron chi connectivity index (χ1n) is 10.3. The number of hydrogen-bond acceptors (Lipinski definition) is 5. The van der Waals surface area contributed by atoms with Gasteiger partial charge in [-0.25, -0.2) is 4.39 Å². The van der Waals surface area contributed by atoms with Crippen LogP contribution < -0.4 is 15.4 Å². The van der Waals surface area contributed by atoms with Crippen LogP contribution in [-0.2, 0) is 27.4 Å². The summed E-state index contributed by atoms with van der Waals surface area (Å²) in [5.41, 5.74) is 0.618. The number of ether oxygens (including phenoxy) is 2. The van der Waals surface area contributed by atoms with Crippen LogP contribution in [-0.4, -0.2) is 55.7 Å². The van der Waals surface area contributed by atoms with Crippen LogP contribution in [0.3, 0.4) is 0 Å². The molecule has 31 heavy (non-hydrogen) atoms. The Morgan fingerprint density at radius 1 is 1.23 bits per heavy atom. The number of nitrogens with zero attached hydrogens (tertiary/aromatic N) is 1. The minimum atomic E-state index is -1.22. The number of benzene rings is 2. The summed E-state index contributed by atoms with van der Waals surface area (Å²) in [6.07, 6.45) is 0. The molecule has 2 heterocycles. The second-order valence-electron chi connectivity index (χ2n) is 7.91. The molecule has 0 bridgehead atoms. The molecule has 2 aliphatic rings. The monoisotopic (exact) mass is 427 g/mol. The van der Waals surface area contributed by atoms with E-state index in [-0.39, 0.29) is 17.6 Å². The number of amides is 2. The Morgan fingerprint density at radius 2 is 1.94 bits per heavy atom. The van der Waals surface area contributed by atoms with E-state index >= 15 is 0 Å². The molecule has 1 spiro atoms. The number of likely N-dealkylation sites (tertiary alicyclic amines) is 1. The zero-order chi connectivity index (χ0) is 21.8. The minimum absolute atomic E-state index is 0.227. The van der Waals surface area contributed by atoms with E-state index in [9.17, 15) is 14.0 Å². The fraction of sp³-hybridized carbons (Fsp3) is 0.391. The third-order valence-electron chi connectivity index (χ3n) is 5.86. The summed E-state index contributed by atoms with van der Waals surface area (Å²) in [6, 6.07) is 13.7. The average molecular weight is 427 g/mol. The Balaban J connectivity index is 1.47. The highest BCUT2D eigenvalue weighted by atomic mass is 19.1. The third kappa shape index (κ3) is 4.55. The van der Waals surface area contributed by atoms with Crippen molar-refractivity contribution in [3.63, 3.8) is 0 Å². The second-order valence-corrected chi connectivity index (χ2v) is 7.91. The van der Waals surface area contributed by atoms with Crippen molar-refractivity contribution < 1.29 is 23.5 Å². The van der Waals surface area contributed by atoms with Crippen molar-refractivity contribution >= 4 is 11.8 Å². The highest BCUT2D eigenvalue weighted by molar-refractivity contribution is 5.94. The molecule has 2 N–H and O–H groups in total. The molecule has 2 atom stereocenters. The fourth-order valence-electron chi connectivity index (χ4n) is 4.22. The maximum absolute atomic E-state index is 13.2. The van der Waals surface area contributed by atoms with Gasteiger partial charge in [-0.05, 0) is 35.4 Å². The van der Waals surface area contributed by atoms with Crippen molar-refractivity contribution in [3.05, 3.63) is 65.5 Å². The maximum Gasteiger partial charge on any atom is 0.254 e. The molecule has 2 fully saturated rings. The minimum Gasteiger partial charge on any atom is -0.497 e. The van der Waals surface area contributed by atoms with Gasteiger partial charge in [0, 0.05) is 32.7 Å². The summed E-state index contributed by atoms with van der Waals surface area (Å²) in [6.45, 7) is 2.31. The molecular weight excluding hydrogens is 401 g/mol. The SMILES string of the molecule is COc1ccc(CNC(=O)[C@H]2CN(Cc3ccc(F)cc3)C[C@@]23OCCNC3=O)cc1. The molecular formula is C23H26FN3O4. The zero-order valence-electron chi connectivity index (χ0n) is 17.4. The van der Waals surface area contributed by atoms with E-state index < -0.39 is 11.5 Å². The van der Waals surface area contributed by atoms with E-state index in [0.29, 0.717) is 39.3 Å². The molecule has 8 heteroatoms. The van der Waals surface area contributed by atoms with Crippen molar-refractivity contribution in [3.8, 4) is 5.75 Å². The fourth-order valence-corrected chi connectivity index (χ4v) is 4.22.